The van der Waals surface area contributed by atoms with Crippen molar-refractivity contribution in [2.24, 2.45) is 0 Å². The van der Waals surface area contributed by atoms with Crippen molar-refractivity contribution >= 4 is 27.5 Å². The first-order valence-corrected chi connectivity index (χ1v) is 11.8. The molecule has 1 amide bonds. The first-order valence-electron chi connectivity index (χ1n) is 9.99. The van der Waals surface area contributed by atoms with Crippen molar-refractivity contribution in [1.29, 1.82) is 0 Å². The minimum atomic E-state index is -3.55. The van der Waals surface area contributed by atoms with Crippen molar-refractivity contribution in [2.45, 2.75) is 18.4 Å². The van der Waals surface area contributed by atoms with Crippen LogP contribution in [0.2, 0.25) is 5.02 Å². The van der Waals surface area contributed by atoms with Crippen LogP contribution in [0, 0.1) is 6.92 Å². The van der Waals surface area contributed by atoms with Gasteiger partial charge in [0.1, 0.15) is 5.82 Å². The first kappa shape index (κ1) is 22.4. The highest BCUT2D eigenvalue weighted by atomic mass is 35.5. The van der Waals surface area contributed by atoms with Gasteiger partial charge in [0.2, 0.25) is 15.8 Å². The number of sulfonamides is 1. The van der Waals surface area contributed by atoms with Crippen molar-refractivity contribution < 1.29 is 17.9 Å². The number of aryl methyl sites for hydroxylation is 1. The number of morpholine rings is 1. The number of hydrogen-bond acceptors (Lipinski definition) is 6. The molecule has 2 aromatic carbocycles. The molecule has 1 fully saturated rings. The summed E-state index contributed by atoms with van der Waals surface area (Å²) in [7, 11) is -3.55. The number of nitrogens with one attached hydrogen (secondary N) is 1. The maximum atomic E-state index is 12.7. The third kappa shape index (κ3) is 4.83. The van der Waals surface area contributed by atoms with E-state index in [0.717, 1.165) is 11.3 Å². The Morgan fingerprint density at radius 3 is 2.41 bits per heavy atom. The quantitative estimate of drug-likeness (QED) is 0.585. The van der Waals surface area contributed by atoms with E-state index in [1.807, 2.05) is 0 Å². The van der Waals surface area contributed by atoms with Crippen LogP contribution in [0.15, 0.2) is 53.4 Å². The summed E-state index contributed by atoms with van der Waals surface area (Å²) in [6.45, 7) is 3.44. The molecule has 0 aliphatic carbocycles. The second-order valence-corrected chi connectivity index (χ2v) is 9.59. The smallest absolute Gasteiger partial charge is 0.291 e. The summed E-state index contributed by atoms with van der Waals surface area (Å²) in [5.41, 5.74) is 1.50. The molecular weight excluding hydrogens is 454 g/mol. The van der Waals surface area contributed by atoms with Gasteiger partial charge >= 0.3 is 0 Å². The Labute approximate surface area is 191 Å². The van der Waals surface area contributed by atoms with Crippen LogP contribution < -0.4 is 5.32 Å². The lowest BCUT2D eigenvalue weighted by molar-refractivity contribution is 0.0730. The van der Waals surface area contributed by atoms with E-state index in [-0.39, 0.29) is 17.3 Å². The van der Waals surface area contributed by atoms with Crippen molar-refractivity contribution in [1.82, 2.24) is 24.4 Å². The van der Waals surface area contributed by atoms with Gasteiger partial charge in [-0.25, -0.2) is 18.1 Å². The summed E-state index contributed by atoms with van der Waals surface area (Å²) in [6.07, 6.45) is 0. The fraction of sp³-hybridized carbons (Fsp3) is 0.286. The Bertz CT molecular complexity index is 1200. The number of nitrogens with zero attached hydrogens (tertiary/aromatic N) is 4. The summed E-state index contributed by atoms with van der Waals surface area (Å²) in [4.78, 5) is 17.0. The van der Waals surface area contributed by atoms with Crippen LogP contribution in [0.4, 0.5) is 0 Å². The number of halogens is 1. The topological polar surface area (TPSA) is 106 Å². The zero-order valence-corrected chi connectivity index (χ0v) is 18.9. The lowest BCUT2D eigenvalue weighted by atomic mass is 10.2. The van der Waals surface area contributed by atoms with Crippen molar-refractivity contribution in [2.75, 3.05) is 26.3 Å². The minimum Gasteiger partial charge on any atom is -0.379 e. The van der Waals surface area contributed by atoms with Crippen LogP contribution >= 0.6 is 11.6 Å². The molecule has 4 rings (SSSR count). The molecule has 0 spiro atoms. The molecule has 0 radical (unpaired) electrons. The second kappa shape index (κ2) is 9.37. The van der Waals surface area contributed by atoms with Gasteiger partial charge in [0, 0.05) is 24.7 Å². The van der Waals surface area contributed by atoms with E-state index in [2.05, 4.69) is 15.4 Å². The Morgan fingerprint density at radius 1 is 1.09 bits per heavy atom. The molecule has 0 bridgehead atoms. The Balaban J connectivity index is 1.40. The molecule has 9 nitrogen and oxygen atoms in total. The average Bonchev–Trinajstić information content (AvgIpc) is 3.20. The molecule has 1 aliphatic rings. The molecule has 3 aromatic rings. The van der Waals surface area contributed by atoms with Gasteiger partial charge < -0.3 is 10.1 Å². The van der Waals surface area contributed by atoms with Crippen LogP contribution in [-0.2, 0) is 21.3 Å². The Kier molecular flexibility index (Phi) is 6.56. The zero-order valence-electron chi connectivity index (χ0n) is 17.4. The number of ether oxygens (including phenoxy) is 1. The number of amides is 1. The van der Waals surface area contributed by atoms with Crippen molar-refractivity contribution in [3.05, 3.63) is 70.8 Å². The SMILES string of the molecule is Cc1nc(C(=O)NCc2ccc(S(=O)(=O)N3CCOCC3)cc2)nn1-c1ccc(Cl)cc1. The molecule has 2 heterocycles. The molecular formula is C21H22ClN5O4S. The molecule has 1 saturated heterocycles. The highest BCUT2D eigenvalue weighted by Gasteiger charge is 2.26. The third-order valence-corrected chi connectivity index (χ3v) is 7.19. The van der Waals surface area contributed by atoms with Gasteiger partial charge in [-0.15, -0.1) is 5.10 Å². The molecule has 0 unspecified atom stereocenters. The Morgan fingerprint density at radius 2 is 1.75 bits per heavy atom. The maximum absolute atomic E-state index is 12.7. The summed E-state index contributed by atoms with van der Waals surface area (Å²) in [5, 5.41) is 7.64. The van der Waals surface area contributed by atoms with Crippen LogP contribution in [0.1, 0.15) is 22.0 Å². The minimum absolute atomic E-state index is 0.0453. The number of benzene rings is 2. The summed E-state index contributed by atoms with van der Waals surface area (Å²) < 4.78 is 33.6. The summed E-state index contributed by atoms with van der Waals surface area (Å²) in [6, 6.07) is 13.5. The van der Waals surface area contributed by atoms with Gasteiger partial charge in [-0.05, 0) is 48.9 Å². The largest absolute Gasteiger partial charge is 0.379 e. The molecule has 11 heteroatoms. The predicted molar refractivity (Wildman–Crippen MR) is 118 cm³/mol. The van der Waals surface area contributed by atoms with Crippen molar-refractivity contribution in [3.8, 4) is 5.69 Å². The summed E-state index contributed by atoms with van der Waals surface area (Å²) >= 11 is 5.92. The van der Waals surface area contributed by atoms with Gasteiger partial charge in [-0.3, -0.25) is 4.79 Å². The van der Waals surface area contributed by atoms with E-state index < -0.39 is 15.9 Å². The van der Waals surface area contributed by atoms with E-state index in [9.17, 15) is 13.2 Å². The monoisotopic (exact) mass is 475 g/mol. The number of rotatable bonds is 6. The van der Waals surface area contributed by atoms with E-state index in [1.165, 1.54) is 4.31 Å². The number of hydrogen-bond donors (Lipinski definition) is 1. The summed E-state index contributed by atoms with van der Waals surface area (Å²) in [5.74, 6) is 0.185. The fourth-order valence-corrected chi connectivity index (χ4v) is 4.82. The predicted octanol–water partition coefficient (Wildman–Crippen LogP) is 2.18. The zero-order chi connectivity index (χ0) is 22.7. The van der Waals surface area contributed by atoms with Crippen molar-refractivity contribution in [3.63, 3.8) is 0 Å². The molecule has 168 valence electrons. The van der Waals surface area contributed by atoms with Crippen LogP contribution in [0.25, 0.3) is 5.69 Å². The average molecular weight is 476 g/mol. The highest BCUT2D eigenvalue weighted by molar-refractivity contribution is 7.89. The number of carbonyl (C=O) groups is 1. The number of carbonyl (C=O) groups excluding carboxylic acids is 1. The molecule has 32 heavy (non-hydrogen) atoms. The van der Waals surface area contributed by atoms with Gasteiger partial charge in [0.15, 0.2) is 0 Å². The van der Waals surface area contributed by atoms with E-state index >= 15 is 0 Å². The third-order valence-electron chi connectivity index (χ3n) is 5.03. The van der Waals surface area contributed by atoms with E-state index in [1.54, 1.807) is 60.1 Å². The van der Waals surface area contributed by atoms with Gasteiger partial charge in [-0.2, -0.15) is 4.31 Å². The fourth-order valence-electron chi connectivity index (χ4n) is 3.29. The van der Waals surface area contributed by atoms with Gasteiger partial charge in [0.05, 0.1) is 23.8 Å². The van der Waals surface area contributed by atoms with E-state index in [0.29, 0.717) is 37.2 Å². The lowest BCUT2D eigenvalue weighted by Gasteiger charge is -2.26. The van der Waals surface area contributed by atoms with Gasteiger partial charge in [0.25, 0.3) is 5.91 Å². The molecule has 0 atom stereocenters. The Hall–Kier alpha value is -2.79. The normalized spacial score (nSPS) is 14.9. The second-order valence-electron chi connectivity index (χ2n) is 7.21. The number of aromatic nitrogens is 3. The van der Waals surface area contributed by atoms with Gasteiger partial charge in [-0.1, -0.05) is 23.7 Å². The first-order chi connectivity index (χ1) is 15.3. The van der Waals surface area contributed by atoms with Crippen LogP contribution in [-0.4, -0.2) is 59.7 Å². The highest BCUT2D eigenvalue weighted by Crippen LogP contribution is 2.18. The van der Waals surface area contributed by atoms with Crippen LogP contribution in [0.3, 0.4) is 0 Å². The van der Waals surface area contributed by atoms with E-state index in [4.69, 9.17) is 16.3 Å². The van der Waals surface area contributed by atoms with Crippen LogP contribution in [0.5, 0.6) is 0 Å². The molecule has 1 aromatic heterocycles. The molecule has 1 aliphatic heterocycles. The maximum Gasteiger partial charge on any atom is 0.291 e. The molecule has 0 saturated carbocycles. The molecule has 1 N–H and O–H groups in total. The standard InChI is InChI=1S/C21H22ClN5O4S/c1-15-24-20(25-27(15)18-6-4-17(22)5-7-18)21(28)23-14-16-2-8-19(9-3-16)32(29,30)26-10-12-31-13-11-26/h2-9H,10-14H2,1H3,(H,23,28). The lowest BCUT2D eigenvalue weighted by Crippen LogP contribution is -2.40.